The maximum absolute atomic E-state index is 13.0. The van der Waals surface area contributed by atoms with Crippen LogP contribution in [0.15, 0.2) is 54.7 Å². The molecular formula is C26H28F2N2O2. The van der Waals surface area contributed by atoms with Crippen molar-refractivity contribution in [3.63, 3.8) is 0 Å². The molecule has 0 radical (unpaired) electrons. The van der Waals surface area contributed by atoms with Crippen LogP contribution < -0.4 is 10.1 Å². The predicted octanol–water partition coefficient (Wildman–Crippen LogP) is 4.93. The molecule has 0 bridgehead atoms. The van der Waals surface area contributed by atoms with E-state index in [1.807, 2.05) is 6.07 Å². The molecule has 2 aliphatic carbocycles. The van der Waals surface area contributed by atoms with E-state index in [4.69, 9.17) is 4.74 Å². The molecule has 1 unspecified atom stereocenters. The lowest BCUT2D eigenvalue weighted by Crippen LogP contribution is -2.34. The molecule has 2 aromatic carbocycles. The van der Waals surface area contributed by atoms with Gasteiger partial charge in [-0.15, -0.1) is 0 Å². The van der Waals surface area contributed by atoms with Crippen LogP contribution >= 0.6 is 0 Å². The number of ether oxygens (including phenoxy) is 1. The Morgan fingerprint density at radius 2 is 1.84 bits per heavy atom. The van der Waals surface area contributed by atoms with E-state index in [1.165, 1.54) is 18.4 Å². The molecule has 2 fully saturated rings. The first kappa shape index (κ1) is 21.1. The van der Waals surface area contributed by atoms with Crippen molar-refractivity contribution in [2.45, 2.75) is 44.8 Å². The van der Waals surface area contributed by atoms with Gasteiger partial charge in [0, 0.05) is 37.3 Å². The summed E-state index contributed by atoms with van der Waals surface area (Å²) in [6.45, 7) is 6.58. The number of halogens is 2. The van der Waals surface area contributed by atoms with Crippen LogP contribution in [0.5, 0.6) is 5.75 Å². The van der Waals surface area contributed by atoms with E-state index in [9.17, 15) is 13.6 Å². The Bertz CT molecular complexity index is 1030. The van der Waals surface area contributed by atoms with Crippen LogP contribution in [0.1, 0.15) is 46.3 Å². The number of allylic oxidation sites excluding steroid dienone is 1. The molecule has 0 saturated heterocycles. The zero-order valence-corrected chi connectivity index (χ0v) is 18.1. The number of hydrogen-bond donors (Lipinski definition) is 1. The molecule has 1 aliphatic heterocycles. The molecular weight excluding hydrogens is 410 g/mol. The second kappa shape index (κ2) is 8.32. The summed E-state index contributed by atoms with van der Waals surface area (Å²) >= 11 is 0. The van der Waals surface area contributed by atoms with Gasteiger partial charge < -0.3 is 10.1 Å². The maximum Gasteiger partial charge on any atom is 0.255 e. The fraction of sp³-hybridized carbons (Fsp3) is 0.423. The van der Waals surface area contributed by atoms with Gasteiger partial charge in [0.2, 0.25) is 0 Å². The van der Waals surface area contributed by atoms with Crippen LogP contribution in [-0.2, 0) is 19.6 Å². The van der Waals surface area contributed by atoms with Crippen molar-refractivity contribution < 1.29 is 18.3 Å². The largest absolute Gasteiger partial charge is 0.493 e. The third kappa shape index (κ3) is 4.85. The summed E-state index contributed by atoms with van der Waals surface area (Å²) in [6, 6.07) is 13.8. The molecule has 2 saturated carbocycles. The molecule has 2 aromatic rings. The van der Waals surface area contributed by atoms with Gasteiger partial charge in [0.15, 0.2) is 5.78 Å². The highest BCUT2D eigenvalue weighted by atomic mass is 19.3. The molecule has 1 atom stereocenters. The second-order valence-corrected chi connectivity index (χ2v) is 9.33. The number of carbonyl (C=O) groups is 1. The van der Waals surface area contributed by atoms with E-state index in [0.29, 0.717) is 36.9 Å². The van der Waals surface area contributed by atoms with Crippen LogP contribution in [0.25, 0.3) is 0 Å². The topological polar surface area (TPSA) is 41.6 Å². The van der Waals surface area contributed by atoms with E-state index in [1.54, 1.807) is 12.1 Å². The third-order valence-electron chi connectivity index (χ3n) is 6.57. The summed E-state index contributed by atoms with van der Waals surface area (Å²) in [5, 5.41) is 3.41. The van der Waals surface area contributed by atoms with Gasteiger partial charge in [-0.1, -0.05) is 36.9 Å². The average molecular weight is 439 g/mol. The molecule has 1 N–H and O–H groups in total. The normalized spacial score (nSPS) is 21.7. The standard InChI is InChI=1S/C26H28F2N2O2/c1-17(20-6-7-20)29-12-18-2-4-19(5-3-18)13-30-14-21-8-9-23(10-24(21)25(31)15-30)32-16-22-11-26(22,27)28/h2-5,8-10,20,22,29H,1,6-7,11-16H2. The molecule has 0 amide bonds. The van der Waals surface area contributed by atoms with E-state index in [2.05, 4.69) is 41.1 Å². The Morgan fingerprint density at radius 3 is 2.53 bits per heavy atom. The summed E-state index contributed by atoms with van der Waals surface area (Å²) in [5.74, 6) is -2.12. The first-order chi connectivity index (χ1) is 15.4. The molecule has 3 aliphatic rings. The minimum atomic E-state index is -2.59. The number of nitrogens with one attached hydrogen (secondary N) is 1. The van der Waals surface area contributed by atoms with Crippen molar-refractivity contribution in [1.29, 1.82) is 0 Å². The molecule has 0 aromatic heterocycles. The highest BCUT2D eigenvalue weighted by Crippen LogP contribution is 2.48. The van der Waals surface area contributed by atoms with Crippen molar-refractivity contribution in [2.75, 3.05) is 13.2 Å². The highest BCUT2D eigenvalue weighted by Gasteiger charge is 2.57. The Kier molecular flexibility index (Phi) is 5.49. The van der Waals surface area contributed by atoms with Crippen LogP contribution in [0.4, 0.5) is 8.78 Å². The minimum Gasteiger partial charge on any atom is -0.493 e. The zero-order valence-electron chi connectivity index (χ0n) is 18.1. The van der Waals surface area contributed by atoms with E-state index < -0.39 is 11.8 Å². The van der Waals surface area contributed by atoms with Crippen LogP contribution in [0, 0.1) is 11.8 Å². The van der Waals surface area contributed by atoms with Crippen molar-refractivity contribution in [2.24, 2.45) is 11.8 Å². The van der Waals surface area contributed by atoms with Crippen LogP contribution in [0.3, 0.4) is 0 Å². The number of Topliss-reactive ketones (excluding diaryl/α,β-unsaturated/α-hetero) is 1. The van der Waals surface area contributed by atoms with Crippen molar-refractivity contribution >= 4 is 5.78 Å². The molecule has 6 heteroatoms. The number of alkyl halides is 2. The third-order valence-corrected chi connectivity index (χ3v) is 6.57. The van der Waals surface area contributed by atoms with Crippen molar-refractivity contribution in [3.8, 4) is 5.75 Å². The number of nitrogens with zero attached hydrogens (tertiary/aromatic N) is 1. The summed E-state index contributed by atoms with van der Waals surface area (Å²) in [5.41, 5.74) is 5.10. The van der Waals surface area contributed by atoms with E-state index in [-0.39, 0.29) is 18.8 Å². The fourth-order valence-corrected chi connectivity index (χ4v) is 4.20. The first-order valence-electron chi connectivity index (χ1n) is 11.3. The Balaban J connectivity index is 1.15. The van der Waals surface area contributed by atoms with Gasteiger partial charge in [0.1, 0.15) is 5.75 Å². The highest BCUT2D eigenvalue weighted by molar-refractivity contribution is 6.00. The van der Waals surface area contributed by atoms with Gasteiger partial charge >= 0.3 is 0 Å². The molecule has 4 nitrogen and oxygen atoms in total. The smallest absolute Gasteiger partial charge is 0.255 e. The van der Waals surface area contributed by atoms with Gasteiger partial charge in [0.05, 0.1) is 19.1 Å². The van der Waals surface area contributed by atoms with Crippen LogP contribution in [-0.4, -0.2) is 29.8 Å². The Morgan fingerprint density at radius 1 is 1.12 bits per heavy atom. The monoisotopic (exact) mass is 438 g/mol. The van der Waals surface area contributed by atoms with E-state index in [0.717, 1.165) is 23.4 Å². The molecule has 1 heterocycles. The van der Waals surface area contributed by atoms with Gasteiger partial charge in [-0.05, 0) is 47.6 Å². The lowest BCUT2D eigenvalue weighted by atomic mass is 9.97. The number of rotatable bonds is 9. The van der Waals surface area contributed by atoms with E-state index >= 15 is 0 Å². The van der Waals surface area contributed by atoms with Gasteiger partial charge in [-0.25, -0.2) is 8.78 Å². The lowest BCUT2D eigenvalue weighted by Gasteiger charge is -2.28. The quantitative estimate of drug-likeness (QED) is 0.603. The second-order valence-electron chi connectivity index (χ2n) is 9.33. The summed E-state index contributed by atoms with van der Waals surface area (Å²) in [6.07, 6.45) is 2.38. The number of hydrogen-bond acceptors (Lipinski definition) is 4. The van der Waals surface area contributed by atoms with Gasteiger partial charge in [-0.3, -0.25) is 9.69 Å². The molecule has 5 rings (SSSR count). The first-order valence-corrected chi connectivity index (χ1v) is 11.3. The number of carbonyl (C=O) groups excluding carboxylic acids is 1. The number of ketones is 1. The summed E-state index contributed by atoms with van der Waals surface area (Å²) in [4.78, 5) is 14.8. The van der Waals surface area contributed by atoms with Gasteiger partial charge in [0.25, 0.3) is 5.92 Å². The summed E-state index contributed by atoms with van der Waals surface area (Å²) < 4.78 is 31.6. The fourth-order valence-electron chi connectivity index (χ4n) is 4.20. The molecule has 168 valence electrons. The maximum atomic E-state index is 13.0. The lowest BCUT2D eigenvalue weighted by molar-refractivity contribution is 0.0848. The average Bonchev–Trinajstić information content (AvgIpc) is 3.69. The number of fused-ring (bicyclic) bond motifs is 1. The molecule has 0 spiro atoms. The summed E-state index contributed by atoms with van der Waals surface area (Å²) in [7, 11) is 0. The Hall–Kier alpha value is -2.73. The Labute approximate surface area is 187 Å². The zero-order chi connectivity index (χ0) is 22.3. The number of benzene rings is 2. The van der Waals surface area contributed by atoms with Gasteiger partial charge in [-0.2, -0.15) is 0 Å². The predicted molar refractivity (Wildman–Crippen MR) is 119 cm³/mol. The molecule has 32 heavy (non-hydrogen) atoms. The minimum absolute atomic E-state index is 0.00763. The van der Waals surface area contributed by atoms with Crippen molar-refractivity contribution in [3.05, 3.63) is 77.0 Å². The SMILES string of the molecule is C=C(NCc1ccc(CN2CC(=O)c3cc(OCC4CC4(F)F)ccc3C2)cc1)C1CC1. The van der Waals surface area contributed by atoms with Crippen molar-refractivity contribution in [1.82, 2.24) is 10.2 Å². The van der Waals surface area contributed by atoms with Crippen LogP contribution in [0.2, 0.25) is 0 Å².